The molecular formula is C14H19FN2O. The van der Waals surface area contributed by atoms with E-state index in [1.54, 1.807) is 0 Å². The molecule has 4 heteroatoms. The molecule has 1 heterocycles. The van der Waals surface area contributed by atoms with Gasteiger partial charge < -0.3 is 10.6 Å². The minimum Gasteiger partial charge on any atom is -0.382 e. The van der Waals surface area contributed by atoms with Crippen LogP contribution in [0.1, 0.15) is 36.2 Å². The molecule has 1 aromatic carbocycles. The second kappa shape index (κ2) is 4.96. The average Bonchev–Trinajstić information content (AvgIpc) is 2.38. The number of hydrogen-bond acceptors (Lipinski definition) is 2. The zero-order valence-corrected chi connectivity index (χ0v) is 11.0. The highest BCUT2D eigenvalue weighted by Gasteiger charge is 2.23. The Balaban J connectivity index is 2.29. The van der Waals surface area contributed by atoms with Crippen LogP contribution in [0.4, 0.5) is 10.1 Å². The number of aryl methyl sites for hydroxylation is 1. The van der Waals surface area contributed by atoms with E-state index < -0.39 is 0 Å². The number of hydrogen-bond donors (Lipinski definition) is 2. The molecule has 18 heavy (non-hydrogen) atoms. The van der Waals surface area contributed by atoms with Gasteiger partial charge in [0, 0.05) is 12.6 Å². The van der Waals surface area contributed by atoms with Crippen LogP contribution in [0.5, 0.6) is 0 Å². The van der Waals surface area contributed by atoms with E-state index in [1.165, 1.54) is 12.1 Å². The number of carbonyl (C=O) groups excluding carboxylic acids is 1. The van der Waals surface area contributed by atoms with Crippen molar-refractivity contribution in [3.8, 4) is 0 Å². The van der Waals surface area contributed by atoms with Crippen molar-refractivity contribution in [2.45, 2.75) is 33.2 Å². The summed E-state index contributed by atoms with van der Waals surface area (Å²) >= 11 is 0. The summed E-state index contributed by atoms with van der Waals surface area (Å²) in [6.45, 7) is 6.73. The van der Waals surface area contributed by atoms with Gasteiger partial charge in [-0.25, -0.2) is 4.39 Å². The van der Waals surface area contributed by atoms with Crippen molar-refractivity contribution in [3.05, 3.63) is 29.1 Å². The van der Waals surface area contributed by atoms with Crippen molar-refractivity contribution in [1.82, 2.24) is 5.32 Å². The Hall–Kier alpha value is -1.58. The first kappa shape index (κ1) is 12.9. The van der Waals surface area contributed by atoms with Crippen LogP contribution in [0, 0.1) is 18.7 Å². The Morgan fingerprint density at radius 3 is 2.83 bits per heavy atom. The second-order valence-electron chi connectivity index (χ2n) is 5.33. The Morgan fingerprint density at radius 1 is 1.44 bits per heavy atom. The molecule has 1 amide bonds. The minimum atomic E-state index is -0.370. The number of anilines is 1. The van der Waals surface area contributed by atoms with Crippen LogP contribution in [0.2, 0.25) is 0 Å². The lowest BCUT2D eigenvalue weighted by molar-refractivity contribution is 0.0938. The summed E-state index contributed by atoms with van der Waals surface area (Å²) in [6, 6.07) is 2.83. The molecule has 1 aliphatic heterocycles. The Kier molecular flexibility index (Phi) is 3.55. The molecule has 0 saturated heterocycles. The van der Waals surface area contributed by atoms with E-state index in [4.69, 9.17) is 0 Å². The standard InChI is InChI=1S/C14H19FN2O/c1-8(2)4-11-7-16-13-9(3)5-10(15)6-12(13)14(18)17-11/h5-6,8,11,16H,4,7H2,1-3H3,(H,17,18). The van der Waals surface area contributed by atoms with E-state index in [0.717, 1.165) is 17.7 Å². The van der Waals surface area contributed by atoms with Crippen LogP contribution >= 0.6 is 0 Å². The van der Waals surface area contributed by atoms with Gasteiger partial charge in [0.1, 0.15) is 5.82 Å². The fourth-order valence-electron chi connectivity index (χ4n) is 2.41. The summed E-state index contributed by atoms with van der Waals surface area (Å²) in [5, 5.41) is 6.21. The quantitative estimate of drug-likeness (QED) is 0.847. The number of nitrogens with one attached hydrogen (secondary N) is 2. The molecule has 1 atom stereocenters. The van der Waals surface area contributed by atoms with Gasteiger partial charge in [-0.3, -0.25) is 4.79 Å². The van der Waals surface area contributed by atoms with E-state index in [2.05, 4.69) is 24.5 Å². The molecule has 1 aromatic rings. The Morgan fingerprint density at radius 2 is 2.17 bits per heavy atom. The van der Waals surface area contributed by atoms with Crippen LogP contribution in [0.15, 0.2) is 12.1 Å². The highest BCUT2D eigenvalue weighted by Crippen LogP contribution is 2.25. The van der Waals surface area contributed by atoms with Crippen molar-refractivity contribution in [3.63, 3.8) is 0 Å². The lowest BCUT2D eigenvalue weighted by atomic mass is 10.0. The molecule has 0 spiro atoms. The number of amides is 1. The summed E-state index contributed by atoms with van der Waals surface area (Å²) in [4.78, 5) is 12.1. The summed E-state index contributed by atoms with van der Waals surface area (Å²) in [7, 11) is 0. The largest absolute Gasteiger partial charge is 0.382 e. The Bertz CT molecular complexity index is 471. The van der Waals surface area contributed by atoms with Crippen LogP contribution in [0.3, 0.4) is 0 Å². The highest BCUT2D eigenvalue weighted by molar-refractivity contribution is 6.01. The van der Waals surface area contributed by atoms with Gasteiger partial charge >= 0.3 is 0 Å². The minimum absolute atomic E-state index is 0.0901. The van der Waals surface area contributed by atoms with Crippen LogP contribution in [-0.4, -0.2) is 18.5 Å². The monoisotopic (exact) mass is 250 g/mol. The first-order chi connectivity index (χ1) is 8.47. The zero-order valence-electron chi connectivity index (χ0n) is 11.0. The second-order valence-corrected chi connectivity index (χ2v) is 5.33. The molecule has 0 fully saturated rings. The molecule has 0 saturated carbocycles. The number of halogens is 1. The first-order valence-electron chi connectivity index (χ1n) is 6.32. The van der Waals surface area contributed by atoms with Crippen LogP contribution in [-0.2, 0) is 0 Å². The smallest absolute Gasteiger partial charge is 0.253 e. The van der Waals surface area contributed by atoms with Crippen molar-refractivity contribution in [2.75, 3.05) is 11.9 Å². The molecule has 0 bridgehead atoms. The predicted molar refractivity (Wildman–Crippen MR) is 70.3 cm³/mol. The van der Waals surface area contributed by atoms with Gasteiger partial charge in [0.05, 0.1) is 11.3 Å². The number of fused-ring (bicyclic) bond motifs is 1. The number of rotatable bonds is 2. The maximum atomic E-state index is 13.4. The molecule has 1 unspecified atom stereocenters. The Labute approximate surface area is 107 Å². The van der Waals surface area contributed by atoms with Crippen molar-refractivity contribution in [1.29, 1.82) is 0 Å². The van der Waals surface area contributed by atoms with Gasteiger partial charge in [0.25, 0.3) is 5.91 Å². The van der Waals surface area contributed by atoms with E-state index >= 15 is 0 Å². The van der Waals surface area contributed by atoms with E-state index in [9.17, 15) is 9.18 Å². The fraction of sp³-hybridized carbons (Fsp3) is 0.500. The summed E-state index contributed by atoms with van der Waals surface area (Å²) in [5.41, 5.74) is 1.92. The van der Waals surface area contributed by atoms with Gasteiger partial charge in [-0.2, -0.15) is 0 Å². The molecule has 0 aromatic heterocycles. The topological polar surface area (TPSA) is 41.1 Å². The summed E-state index contributed by atoms with van der Waals surface area (Å²) in [6.07, 6.45) is 0.911. The first-order valence-corrected chi connectivity index (χ1v) is 6.32. The SMILES string of the molecule is Cc1cc(F)cc2c1NCC(CC(C)C)NC2=O. The van der Waals surface area contributed by atoms with Crippen LogP contribution < -0.4 is 10.6 Å². The van der Waals surface area contributed by atoms with E-state index in [0.29, 0.717) is 18.0 Å². The van der Waals surface area contributed by atoms with Gasteiger partial charge in [0.15, 0.2) is 0 Å². The van der Waals surface area contributed by atoms with Gasteiger partial charge in [-0.05, 0) is 37.0 Å². The van der Waals surface area contributed by atoms with Gasteiger partial charge in [0.2, 0.25) is 0 Å². The van der Waals surface area contributed by atoms with Gasteiger partial charge in [-0.15, -0.1) is 0 Å². The molecule has 2 N–H and O–H groups in total. The molecule has 2 rings (SSSR count). The van der Waals surface area contributed by atoms with E-state index in [1.807, 2.05) is 6.92 Å². The zero-order chi connectivity index (χ0) is 13.3. The predicted octanol–water partition coefficient (Wildman–Crippen LogP) is 2.70. The normalized spacial score (nSPS) is 18.9. The number of carbonyl (C=O) groups is 1. The lowest BCUT2D eigenvalue weighted by Crippen LogP contribution is -2.38. The molecular weight excluding hydrogens is 231 g/mol. The third kappa shape index (κ3) is 2.63. The summed E-state index contributed by atoms with van der Waals surface area (Å²) in [5.74, 6) is -0.0510. The number of benzene rings is 1. The molecule has 1 aliphatic rings. The average molecular weight is 250 g/mol. The van der Waals surface area contributed by atoms with E-state index in [-0.39, 0.29) is 17.8 Å². The molecule has 98 valence electrons. The van der Waals surface area contributed by atoms with Gasteiger partial charge in [-0.1, -0.05) is 13.8 Å². The third-order valence-electron chi connectivity index (χ3n) is 3.16. The molecule has 0 aliphatic carbocycles. The summed E-state index contributed by atoms with van der Waals surface area (Å²) < 4.78 is 13.4. The molecule has 3 nitrogen and oxygen atoms in total. The molecule has 0 radical (unpaired) electrons. The van der Waals surface area contributed by atoms with Crippen LogP contribution in [0.25, 0.3) is 0 Å². The van der Waals surface area contributed by atoms with Crippen molar-refractivity contribution in [2.24, 2.45) is 5.92 Å². The fourth-order valence-corrected chi connectivity index (χ4v) is 2.41. The highest BCUT2D eigenvalue weighted by atomic mass is 19.1. The third-order valence-corrected chi connectivity index (χ3v) is 3.16. The van der Waals surface area contributed by atoms with Crippen molar-refractivity contribution >= 4 is 11.6 Å². The lowest BCUT2D eigenvalue weighted by Gasteiger charge is -2.18. The maximum absolute atomic E-state index is 13.4. The maximum Gasteiger partial charge on any atom is 0.253 e. The van der Waals surface area contributed by atoms with Crippen molar-refractivity contribution < 1.29 is 9.18 Å².